The Labute approximate surface area is 413 Å². The molecule has 0 aromatic heterocycles. The highest BCUT2D eigenvalue weighted by atomic mass is 31.2. The van der Waals surface area contributed by atoms with Gasteiger partial charge in [0.2, 0.25) is 5.91 Å². The van der Waals surface area contributed by atoms with Crippen molar-refractivity contribution in [1.29, 1.82) is 0 Å². The molecule has 392 valence electrons. The van der Waals surface area contributed by atoms with E-state index in [0.717, 1.165) is 51.4 Å². The van der Waals surface area contributed by atoms with Gasteiger partial charge in [0.1, 0.15) is 12.7 Å². The van der Waals surface area contributed by atoms with Gasteiger partial charge < -0.3 is 20.1 Å². The van der Waals surface area contributed by atoms with Gasteiger partial charge in [-0.15, -0.1) is 0 Å². The van der Waals surface area contributed by atoms with E-state index >= 15 is 0 Å². The lowest BCUT2D eigenvalue weighted by molar-refractivity contribution is -0.147. The minimum atomic E-state index is -4.43. The third-order valence-electron chi connectivity index (χ3n) is 12.2. The van der Waals surface area contributed by atoms with Crippen LogP contribution in [0.2, 0.25) is 0 Å². The Kier molecular flexibility index (Phi) is 51.7. The van der Waals surface area contributed by atoms with E-state index < -0.39 is 26.5 Å². The van der Waals surface area contributed by atoms with Crippen molar-refractivity contribution in [3.05, 3.63) is 48.6 Å². The number of unbranched alkanes of at least 4 members (excludes halogenated alkanes) is 32. The van der Waals surface area contributed by atoms with Crippen LogP contribution in [-0.2, 0) is 27.9 Å². The number of hydrogen-bond donors (Lipinski definition) is 3. The largest absolute Gasteiger partial charge is 0.472 e. The molecule has 3 N–H and O–H groups in total. The number of aliphatic hydroxyl groups is 1. The Hall–Kier alpha value is -2.03. The van der Waals surface area contributed by atoms with Crippen LogP contribution in [0.4, 0.5) is 0 Å². The number of rotatable bonds is 53. The number of carbonyl (C=O) groups is 2. The van der Waals surface area contributed by atoms with Crippen molar-refractivity contribution in [3.8, 4) is 0 Å². The van der Waals surface area contributed by atoms with E-state index in [-0.39, 0.29) is 32.1 Å². The minimum absolute atomic E-state index is 0.0821. The average molecular weight is 964 g/mol. The van der Waals surface area contributed by atoms with E-state index in [1.54, 1.807) is 0 Å². The van der Waals surface area contributed by atoms with Crippen LogP contribution in [0, 0.1) is 0 Å². The summed E-state index contributed by atoms with van der Waals surface area (Å²) in [5.74, 6) is -0.513. The number of nitrogens with one attached hydrogen (secondary N) is 1. The van der Waals surface area contributed by atoms with Crippen LogP contribution in [0.15, 0.2) is 48.6 Å². The monoisotopic (exact) mass is 964 g/mol. The van der Waals surface area contributed by atoms with E-state index in [1.807, 2.05) is 0 Å². The molecule has 0 fully saturated rings. The van der Waals surface area contributed by atoms with Crippen molar-refractivity contribution >= 4 is 19.7 Å². The average Bonchev–Trinajstić information content (AvgIpc) is 3.32. The van der Waals surface area contributed by atoms with Crippen LogP contribution in [0.3, 0.4) is 0 Å². The molecule has 67 heavy (non-hydrogen) atoms. The molecule has 1 amide bonds. The molecule has 9 nitrogen and oxygen atoms in total. The summed E-state index contributed by atoms with van der Waals surface area (Å²) >= 11 is 0. The summed E-state index contributed by atoms with van der Waals surface area (Å²) in [4.78, 5) is 34.2. The maximum Gasteiger partial charge on any atom is 0.472 e. The van der Waals surface area contributed by atoms with Gasteiger partial charge in [-0.3, -0.25) is 18.6 Å². The molecule has 2 unspecified atom stereocenters. The molecular formula is C57H106NO8P. The fourth-order valence-corrected chi connectivity index (χ4v) is 8.73. The molecule has 0 bridgehead atoms. The van der Waals surface area contributed by atoms with Crippen molar-refractivity contribution in [2.75, 3.05) is 26.4 Å². The third-order valence-corrected chi connectivity index (χ3v) is 13.2. The van der Waals surface area contributed by atoms with Crippen molar-refractivity contribution in [2.24, 2.45) is 0 Å². The van der Waals surface area contributed by atoms with Gasteiger partial charge in [0, 0.05) is 19.4 Å². The number of ether oxygens (including phenoxy) is 1. The first-order valence-corrected chi connectivity index (χ1v) is 29.6. The summed E-state index contributed by atoms with van der Waals surface area (Å²) in [6.07, 6.45) is 64.8. The topological polar surface area (TPSA) is 131 Å². The number of amides is 1. The molecule has 0 saturated carbocycles. The Morgan fingerprint density at radius 3 is 1.25 bits per heavy atom. The Balaban J connectivity index is 3.53. The summed E-state index contributed by atoms with van der Waals surface area (Å²) in [6, 6.07) is 0. The molecular weight excluding hydrogens is 858 g/mol. The Morgan fingerprint density at radius 1 is 0.463 bits per heavy atom. The molecule has 0 aliphatic carbocycles. The molecule has 0 aromatic rings. The van der Waals surface area contributed by atoms with Crippen LogP contribution < -0.4 is 5.32 Å². The predicted octanol–water partition coefficient (Wildman–Crippen LogP) is 17.0. The molecule has 0 aliphatic rings. The van der Waals surface area contributed by atoms with Gasteiger partial charge >= 0.3 is 13.8 Å². The Bertz CT molecular complexity index is 1240. The van der Waals surface area contributed by atoms with E-state index in [2.05, 4.69) is 67.8 Å². The summed E-state index contributed by atoms with van der Waals surface area (Å²) in [5, 5.41) is 12.8. The zero-order valence-corrected chi connectivity index (χ0v) is 44.5. The van der Waals surface area contributed by atoms with Gasteiger partial charge in [-0.25, -0.2) is 4.57 Å². The minimum Gasteiger partial charge on any atom is -0.463 e. The number of carbonyl (C=O) groups excluding carboxylic acids is 2. The number of hydrogen-bond acceptors (Lipinski definition) is 7. The molecule has 10 heteroatoms. The van der Waals surface area contributed by atoms with Crippen LogP contribution in [0.5, 0.6) is 0 Å². The van der Waals surface area contributed by atoms with Gasteiger partial charge in [-0.2, -0.15) is 0 Å². The quantitative estimate of drug-likeness (QED) is 0.0238. The number of allylic oxidation sites excluding steroid dienone is 8. The lowest BCUT2D eigenvalue weighted by Gasteiger charge is -2.15. The zero-order chi connectivity index (χ0) is 48.8. The predicted molar refractivity (Wildman–Crippen MR) is 284 cm³/mol. The number of phosphoric acid groups is 1. The molecule has 0 rings (SSSR count). The van der Waals surface area contributed by atoms with Crippen LogP contribution in [0.25, 0.3) is 0 Å². The third kappa shape index (κ3) is 54.8. The summed E-state index contributed by atoms with van der Waals surface area (Å²) < 4.78 is 27.1. The van der Waals surface area contributed by atoms with Gasteiger partial charge in [-0.1, -0.05) is 229 Å². The summed E-state index contributed by atoms with van der Waals surface area (Å²) in [6.45, 7) is 3.56. The van der Waals surface area contributed by atoms with Crippen LogP contribution in [0.1, 0.15) is 271 Å². The number of phosphoric ester groups is 1. The van der Waals surface area contributed by atoms with Crippen molar-refractivity contribution in [2.45, 2.75) is 277 Å². The number of aliphatic hydroxyl groups excluding tert-OH is 1. The molecule has 0 heterocycles. The normalized spacial score (nSPS) is 13.4. The van der Waals surface area contributed by atoms with E-state index in [1.165, 1.54) is 193 Å². The molecule has 0 aromatic carbocycles. The maximum atomic E-state index is 12.2. The highest BCUT2D eigenvalue weighted by Gasteiger charge is 2.23. The Morgan fingerprint density at radius 2 is 0.806 bits per heavy atom. The summed E-state index contributed by atoms with van der Waals surface area (Å²) in [5.41, 5.74) is 0. The highest BCUT2D eigenvalue weighted by Crippen LogP contribution is 2.42. The zero-order valence-electron chi connectivity index (χ0n) is 43.6. The van der Waals surface area contributed by atoms with E-state index in [4.69, 9.17) is 13.8 Å². The fourth-order valence-electron chi connectivity index (χ4n) is 7.97. The van der Waals surface area contributed by atoms with Crippen LogP contribution in [-0.4, -0.2) is 54.3 Å². The van der Waals surface area contributed by atoms with Crippen LogP contribution >= 0.6 is 7.82 Å². The van der Waals surface area contributed by atoms with Gasteiger partial charge in [-0.05, 0) is 77.0 Å². The second-order valence-electron chi connectivity index (χ2n) is 18.9. The fraction of sp³-hybridized carbons (Fsp3) is 0.825. The first kappa shape index (κ1) is 65.0. The first-order chi connectivity index (χ1) is 32.8. The van der Waals surface area contributed by atoms with Crippen molar-refractivity contribution < 1.29 is 37.9 Å². The van der Waals surface area contributed by atoms with Crippen molar-refractivity contribution in [1.82, 2.24) is 5.32 Å². The molecule has 0 aliphatic heterocycles. The van der Waals surface area contributed by atoms with Gasteiger partial charge in [0.15, 0.2) is 0 Å². The standard InChI is InChI=1S/C57H106NO8P/c1-3-5-7-9-11-13-15-17-19-21-23-25-27-29-31-33-35-37-39-41-43-45-47-49-56(60)58-51-52-65-67(62,63)66-54-55(59)53-64-57(61)50-48-46-44-42-40-38-36-34-32-30-28-26-24-22-20-18-16-14-12-10-8-6-4-2/h12,14,17-20,24,26,55,59H,3-11,13,15-16,21-23,25,27-54H2,1-2H3,(H,58,60)(H,62,63)/b14-12-,19-17+,20-18-,26-24-. The van der Waals surface area contributed by atoms with Gasteiger partial charge in [0.05, 0.1) is 13.2 Å². The maximum absolute atomic E-state index is 12.2. The second-order valence-corrected chi connectivity index (χ2v) is 20.4. The lowest BCUT2D eigenvalue weighted by atomic mass is 10.0. The smallest absolute Gasteiger partial charge is 0.463 e. The first-order valence-electron chi connectivity index (χ1n) is 28.1. The molecule has 0 saturated heterocycles. The lowest BCUT2D eigenvalue weighted by Crippen LogP contribution is -2.27. The highest BCUT2D eigenvalue weighted by molar-refractivity contribution is 7.47. The molecule has 0 radical (unpaired) electrons. The molecule has 2 atom stereocenters. The number of esters is 1. The van der Waals surface area contributed by atoms with E-state index in [9.17, 15) is 24.2 Å². The SMILES string of the molecule is CCCCC/C=C\C/C=C\C/C=C\CCCCCCCCCCCCC(=O)OCC(O)COP(=O)(O)OCCNC(=O)CCCCCCCCCCCCCCC/C=C/CCCCCCCC. The van der Waals surface area contributed by atoms with E-state index in [0.29, 0.717) is 6.42 Å². The summed E-state index contributed by atoms with van der Waals surface area (Å²) in [7, 11) is -4.43. The van der Waals surface area contributed by atoms with Gasteiger partial charge in [0.25, 0.3) is 0 Å². The molecule has 0 spiro atoms. The van der Waals surface area contributed by atoms with Crippen molar-refractivity contribution in [3.63, 3.8) is 0 Å². The second kappa shape index (κ2) is 53.3.